The summed E-state index contributed by atoms with van der Waals surface area (Å²) in [6.45, 7) is 7.39. The first-order valence-corrected chi connectivity index (χ1v) is 7.30. The minimum absolute atomic E-state index is 0. The summed E-state index contributed by atoms with van der Waals surface area (Å²) < 4.78 is 5.34. The Morgan fingerprint density at radius 2 is 2.19 bits per heavy atom. The van der Waals surface area contributed by atoms with E-state index in [4.69, 9.17) is 4.52 Å². The van der Waals surface area contributed by atoms with E-state index in [1.807, 2.05) is 13.8 Å². The van der Waals surface area contributed by atoms with Gasteiger partial charge in [-0.1, -0.05) is 5.16 Å². The van der Waals surface area contributed by atoms with E-state index in [0.29, 0.717) is 17.6 Å². The lowest BCUT2D eigenvalue weighted by atomic mass is 9.97. The fourth-order valence-electron chi connectivity index (χ4n) is 2.63. The maximum absolute atomic E-state index is 11.2. The zero-order valence-electron chi connectivity index (χ0n) is 12.9. The number of nitrogens with zero attached hydrogens (tertiary/aromatic N) is 2. The average molecular weight is 317 g/mol. The molecule has 1 aliphatic rings. The van der Waals surface area contributed by atoms with Gasteiger partial charge in [-0.2, -0.15) is 4.98 Å². The van der Waals surface area contributed by atoms with Gasteiger partial charge in [-0.15, -0.1) is 12.4 Å². The zero-order valence-corrected chi connectivity index (χ0v) is 13.8. The van der Waals surface area contributed by atoms with Gasteiger partial charge >= 0.3 is 0 Å². The first-order valence-electron chi connectivity index (χ1n) is 7.30. The van der Waals surface area contributed by atoms with Gasteiger partial charge in [-0.25, -0.2) is 0 Å². The van der Waals surface area contributed by atoms with E-state index in [9.17, 15) is 4.79 Å². The van der Waals surface area contributed by atoms with Crippen LogP contribution in [0.5, 0.6) is 0 Å². The number of nitrogens with one attached hydrogen (secondary N) is 2. The van der Waals surface area contributed by atoms with E-state index >= 15 is 0 Å². The number of amides is 1. The van der Waals surface area contributed by atoms with Crippen LogP contribution in [0.15, 0.2) is 4.52 Å². The van der Waals surface area contributed by atoms with Crippen molar-refractivity contribution in [3.63, 3.8) is 0 Å². The molecule has 2 heterocycles. The second kappa shape index (κ2) is 7.75. The Morgan fingerprint density at radius 1 is 1.43 bits per heavy atom. The molecule has 7 heteroatoms. The third-order valence-corrected chi connectivity index (χ3v) is 3.67. The van der Waals surface area contributed by atoms with E-state index < -0.39 is 5.54 Å². The summed E-state index contributed by atoms with van der Waals surface area (Å²) >= 11 is 0. The van der Waals surface area contributed by atoms with Crippen molar-refractivity contribution in [2.45, 2.75) is 52.0 Å². The minimum Gasteiger partial charge on any atom is -0.344 e. The zero-order chi connectivity index (χ0) is 14.6. The Balaban J connectivity index is 0.00000220. The molecular formula is C14H25ClN4O2. The second-order valence-corrected chi connectivity index (χ2v) is 6.07. The third-order valence-electron chi connectivity index (χ3n) is 3.67. The Morgan fingerprint density at radius 3 is 2.90 bits per heavy atom. The van der Waals surface area contributed by atoms with E-state index in [1.54, 1.807) is 0 Å². The SMILES string of the molecule is CC(=O)NC(C)(C)c1noc(CC2CCCNCC2)n1.Cl. The van der Waals surface area contributed by atoms with Crippen molar-refractivity contribution in [3.8, 4) is 0 Å². The van der Waals surface area contributed by atoms with Gasteiger partial charge in [0.15, 0.2) is 5.82 Å². The van der Waals surface area contributed by atoms with Crippen molar-refractivity contribution in [3.05, 3.63) is 11.7 Å². The number of hydrogen-bond donors (Lipinski definition) is 2. The van der Waals surface area contributed by atoms with Gasteiger partial charge in [0, 0.05) is 13.3 Å². The fourth-order valence-corrected chi connectivity index (χ4v) is 2.63. The molecule has 0 bridgehead atoms. The summed E-state index contributed by atoms with van der Waals surface area (Å²) in [7, 11) is 0. The Bertz CT molecular complexity index is 454. The number of carbonyl (C=O) groups is 1. The topological polar surface area (TPSA) is 80.0 Å². The molecule has 2 rings (SSSR count). The van der Waals surface area contributed by atoms with E-state index in [2.05, 4.69) is 20.8 Å². The van der Waals surface area contributed by atoms with Gasteiger partial charge in [-0.05, 0) is 52.1 Å². The monoisotopic (exact) mass is 316 g/mol. The molecule has 0 aromatic carbocycles. The summed E-state index contributed by atoms with van der Waals surface area (Å²) in [4.78, 5) is 15.6. The largest absolute Gasteiger partial charge is 0.344 e. The standard InChI is InChI=1S/C14H24N4O2.ClH/c1-10(19)17-14(2,3)13-16-12(20-18-13)9-11-5-4-7-15-8-6-11;/h11,15H,4-9H2,1-3H3,(H,17,19);1H. The summed E-state index contributed by atoms with van der Waals surface area (Å²) in [5, 5.41) is 10.2. The van der Waals surface area contributed by atoms with Gasteiger partial charge in [0.05, 0.1) is 5.54 Å². The molecule has 120 valence electrons. The van der Waals surface area contributed by atoms with Gasteiger partial charge in [0.25, 0.3) is 0 Å². The van der Waals surface area contributed by atoms with Crippen molar-refractivity contribution in [1.29, 1.82) is 0 Å². The molecule has 0 saturated carbocycles. The summed E-state index contributed by atoms with van der Waals surface area (Å²) in [5.41, 5.74) is -0.599. The van der Waals surface area contributed by atoms with Crippen molar-refractivity contribution >= 4 is 18.3 Å². The maximum Gasteiger partial charge on any atom is 0.227 e. The second-order valence-electron chi connectivity index (χ2n) is 6.07. The number of aromatic nitrogens is 2. The van der Waals surface area contributed by atoms with Gasteiger partial charge < -0.3 is 15.2 Å². The molecule has 2 N–H and O–H groups in total. The molecule has 1 aromatic rings. The maximum atomic E-state index is 11.2. The molecule has 1 fully saturated rings. The Labute approximate surface area is 131 Å². The van der Waals surface area contributed by atoms with Crippen molar-refractivity contribution in [1.82, 2.24) is 20.8 Å². The van der Waals surface area contributed by atoms with Crippen LogP contribution in [0.25, 0.3) is 0 Å². The molecule has 6 nitrogen and oxygen atoms in total. The molecule has 1 saturated heterocycles. The van der Waals surface area contributed by atoms with Crippen molar-refractivity contribution < 1.29 is 9.32 Å². The van der Waals surface area contributed by atoms with Crippen LogP contribution in [0.1, 0.15) is 51.7 Å². The lowest BCUT2D eigenvalue weighted by Gasteiger charge is -2.20. The van der Waals surface area contributed by atoms with Crippen LogP contribution in [-0.4, -0.2) is 29.1 Å². The van der Waals surface area contributed by atoms with Crippen LogP contribution in [0.4, 0.5) is 0 Å². The highest BCUT2D eigenvalue weighted by Gasteiger charge is 2.28. The number of hydrogen-bond acceptors (Lipinski definition) is 5. The predicted octanol–water partition coefficient (Wildman–Crippen LogP) is 1.79. The molecule has 1 aromatic heterocycles. The lowest BCUT2D eigenvalue weighted by molar-refractivity contribution is -0.120. The van der Waals surface area contributed by atoms with Crippen LogP contribution in [0.2, 0.25) is 0 Å². The molecule has 21 heavy (non-hydrogen) atoms. The average Bonchev–Trinajstić information content (AvgIpc) is 2.66. The molecule has 0 radical (unpaired) electrons. The molecule has 1 unspecified atom stereocenters. The highest BCUT2D eigenvalue weighted by atomic mass is 35.5. The van der Waals surface area contributed by atoms with Crippen LogP contribution in [0.3, 0.4) is 0 Å². The predicted molar refractivity (Wildman–Crippen MR) is 82.3 cm³/mol. The van der Waals surface area contributed by atoms with E-state index in [-0.39, 0.29) is 18.3 Å². The smallest absolute Gasteiger partial charge is 0.227 e. The number of halogens is 1. The lowest BCUT2D eigenvalue weighted by Crippen LogP contribution is -2.40. The van der Waals surface area contributed by atoms with Crippen LogP contribution in [0, 0.1) is 5.92 Å². The van der Waals surface area contributed by atoms with E-state index in [0.717, 1.165) is 25.9 Å². The van der Waals surface area contributed by atoms with Gasteiger partial charge in [-0.3, -0.25) is 4.79 Å². The number of rotatable bonds is 4. The first-order chi connectivity index (χ1) is 9.47. The number of carbonyl (C=O) groups excluding carboxylic acids is 1. The normalized spacial score (nSPS) is 19.5. The van der Waals surface area contributed by atoms with Gasteiger partial charge in [0.2, 0.25) is 11.8 Å². The van der Waals surface area contributed by atoms with Crippen LogP contribution >= 0.6 is 12.4 Å². The molecule has 1 amide bonds. The summed E-state index contributed by atoms with van der Waals surface area (Å²) in [6.07, 6.45) is 4.36. The fraction of sp³-hybridized carbons (Fsp3) is 0.786. The Kier molecular flexibility index (Phi) is 6.61. The quantitative estimate of drug-likeness (QED) is 0.885. The van der Waals surface area contributed by atoms with Gasteiger partial charge in [0.1, 0.15) is 0 Å². The van der Waals surface area contributed by atoms with Crippen molar-refractivity contribution in [2.24, 2.45) is 5.92 Å². The van der Waals surface area contributed by atoms with Crippen molar-refractivity contribution in [2.75, 3.05) is 13.1 Å². The molecular weight excluding hydrogens is 292 g/mol. The minimum atomic E-state index is -0.599. The molecule has 0 aliphatic carbocycles. The molecule has 1 aliphatic heterocycles. The summed E-state index contributed by atoms with van der Waals surface area (Å²) in [6, 6.07) is 0. The van der Waals surface area contributed by atoms with E-state index in [1.165, 1.54) is 19.8 Å². The third kappa shape index (κ3) is 5.28. The highest BCUT2D eigenvalue weighted by molar-refractivity contribution is 5.85. The van der Waals surface area contributed by atoms with Crippen LogP contribution in [-0.2, 0) is 16.8 Å². The van der Waals surface area contributed by atoms with Crippen LogP contribution < -0.4 is 10.6 Å². The highest BCUT2D eigenvalue weighted by Crippen LogP contribution is 2.21. The first kappa shape index (κ1) is 17.9. The molecule has 1 atom stereocenters. The summed E-state index contributed by atoms with van der Waals surface area (Å²) in [5.74, 6) is 1.71. The molecule has 0 spiro atoms. The Hall–Kier alpha value is -1.14.